The minimum absolute atomic E-state index is 0.165. The van der Waals surface area contributed by atoms with Gasteiger partial charge in [0, 0.05) is 5.41 Å². The average molecular weight is 407 g/mol. The Morgan fingerprint density at radius 3 is 2.50 bits per heavy atom. The molecule has 4 aliphatic rings. The topological polar surface area (TPSA) is 46.5 Å². The van der Waals surface area contributed by atoms with E-state index in [2.05, 4.69) is 26.0 Å². The molecule has 0 bridgehead atoms. The summed E-state index contributed by atoms with van der Waals surface area (Å²) in [5, 5.41) is 10.2. The zero-order chi connectivity index (χ0) is 21.1. The van der Waals surface area contributed by atoms with Crippen molar-refractivity contribution in [2.45, 2.75) is 64.9 Å². The second-order valence-corrected chi connectivity index (χ2v) is 10.6. The van der Waals surface area contributed by atoms with Gasteiger partial charge in [-0.3, -0.25) is 4.79 Å². The molecule has 3 nitrogen and oxygen atoms in total. The van der Waals surface area contributed by atoms with Crippen LogP contribution in [0.3, 0.4) is 0 Å². The third-order valence-electron chi connectivity index (χ3n) is 9.17. The maximum Gasteiger partial charge on any atom is 0.165 e. The Labute approximate surface area is 180 Å². The minimum atomic E-state index is -0.213. The molecule has 1 aromatic rings. The Bertz CT molecular complexity index is 911. The summed E-state index contributed by atoms with van der Waals surface area (Å²) in [6, 6.07) is 8.00. The van der Waals surface area contributed by atoms with E-state index in [4.69, 9.17) is 4.74 Å². The lowest BCUT2D eigenvalue weighted by Crippen LogP contribution is -2.50. The molecule has 1 N–H and O–H groups in total. The SMILES string of the molecule is COc1ccc(/C=C2\C[C@@H]3[C@H]4CC=C5C[C@H](O)CC[C@]5(C)[C@@H]4CC[C@@]3(C)C2=O)cc1. The summed E-state index contributed by atoms with van der Waals surface area (Å²) in [5.74, 6) is 2.89. The molecule has 3 fully saturated rings. The zero-order valence-electron chi connectivity index (χ0n) is 18.5. The second-order valence-electron chi connectivity index (χ2n) is 10.6. The predicted octanol–water partition coefficient (Wildman–Crippen LogP) is 5.58. The molecule has 0 heterocycles. The third-order valence-corrected chi connectivity index (χ3v) is 9.17. The van der Waals surface area contributed by atoms with Crippen LogP contribution < -0.4 is 4.74 Å². The summed E-state index contributed by atoms with van der Waals surface area (Å²) in [7, 11) is 1.67. The summed E-state index contributed by atoms with van der Waals surface area (Å²) in [4.78, 5) is 13.5. The molecule has 0 saturated heterocycles. The van der Waals surface area contributed by atoms with E-state index in [9.17, 15) is 9.90 Å². The van der Waals surface area contributed by atoms with Crippen LogP contribution in [-0.4, -0.2) is 24.1 Å². The van der Waals surface area contributed by atoms with Gasteiger partial charge in [0.1, 0.15) is 5.75 Å². The van der Waals surface area contributed by atoms with Crippen LogP contribution in [0.4, 0.5) is 0 Å². The van der Waals surface area contributed by atoms with Gasteiger partial charge in [0.05, 0.1) is 13.2 Å². The molecular weight excluding hydrogens is 372 g/mol. The first-order valence-electron chi connectivity index (χ1n) is 11.6. The number of aliphatic hydroxyl groups is 1. The fourth-order valence-electron chi connectivity index (χ4n) is 7.34. The maximum absolute atomic E-state index is 13.5. The van der Waals surface area contributed by atoms with E-state index in [0.29, 0.717) is 23.5 Å². The van der Waals surface area contributed by atoms with Gasteiger partial charge in [-0.25, -0.2) is 0 Å². The normalized spacial score (nSPS) is 41.7. The molecule has 0 aromatic heterocycles. The van der Waals surface area contributed by atoms with Crippen LogP contribution in [0.1, 0.15) is 64.4 Å². The van der Waals surface area contributed by atoms with Crippen LogP contribution in [-0.2, 0) is 4.79 Å². The molecule has 3 saturated carbocycles. The van der Waals surface area contributed by atoms with Crippen molar-refractivity contribution in [3.63, 3.8) is 0 Å². The van der Waals surface area contributed by atoms with Crippen molar-refractivity contribution in [1.82, 2.24) is 0 Å². The lowest BCUT2D eigenvalue weighted by atomic mass is 9.48. The highest BCUT2D eigenvalue weighted by molar-refractivity contribution is 6.05. The van der Waals surface area contributed by atoms with Crippen LogP contribution in [0.2, 0.25) is 0 Å². The van der Waals surface area contributed by atoms with Crippen molar-refractivity contribution in [1.29, 1.82) is 0 Å². The number of fused-ring (bicyclic) bond motifs is 5. The first kappa shape index (κ1) is 20.1. The monoisotopic (exact) mass is 406 g/mol. The van der Waals surface area contributed by atoms with E-state index < -0.39 is 0 Å². The Kier molecular flexibility index (Phi) is 4.74. The fourth-order valence-corrected chi connectivity index (χ4v) is 7.34. The van der Waals surface area contributed by atoms with Gasteiger partial charge in [-0.2, -0.15) is 0 Å². The molecule has 1 aromatic carbocycles. The van der Waals surface area contributed by atoms with Crippen LogP contribution >= 0.6 is 0 Å². The number of carbonyl (C=O) groups is 1. The first-order valence-corrected chi connectivity index (χ1v) is 11.6. The third kappa shape index (κ3) is 2.92. The second kappa shape index (κ2) is 7.09. The summed E-state index contributed by atoms with van der Waals surface area (Å²) in [6.45, 7) is 4.67. The number of benzene rings is 1. The van der Waals surface area contributed by atoms with Gasteiger partial charge in [0.15, 0.2) is 5.78 Å². The van der Waals surface area contributed by atoms with Gasteiger partial charge >= 0.3 is 0 Å². The van der Waals surface area contributed by atoms with Crippen molar-refractivity contribution in [3.05, 3.63) is 47.1 Å². The highest BCUT2D eigenvalue weighted by atomic mass is 16.5. The van der Waals surface area contributed by atoms with Crippen molar-refractivity contribution in [2.75, 3.05) is 7.11 Å². The number of carbonyl (C=O) groups excluding carboxylic acids is 1. The smallest absolute Gasteiger partial charge is 0.165 e. The van der Waals surface area contributed by atoms with Crippen LogP contribution in [0.25, 0.3) is 6.08 Å². The Morgan fingerprint density at radius 1 is 1.03 bits per heavy atom. The van der Waals surface area contributed by atoms with E-state index in [1.807, 2.05) is 24.3 Å². The van der Waals surface area contributed by atoms with Gasteiger partial charge in [-0.05, 0) is 97.5 Å². The number of hydrogen-bond donors (Lipinski definition) is 1. The highest BCUT2D eigenvalue weighted by Crippen LogP contribution is 2.64. The number of hydrogen-bond acceptors (Lipinski definition) is 3. The van der Waals surface area contributed by atoms with Crippen LogP contribution in [0.15, 0.2) is 41.5 Å². The standard InChI is InChI=1S/C27H34O3/c1-26-12-10-20(28)16-19(26)6-9-22-23(26)11-13-27(2)24(22)15-18(25(27)29)14-17-4-7-21(30-3)8-5-17/h4-8,14,20,22-24,28H,9-13,15-16H2,1-3H3/b18-14+/t20-,22+,23-,24-,26+,27-/m1/s1. The molecule has 5 rings (SSSR count). The number of Topliss-reactive ketones (excluding diaryl/α,β-unsaturated/α-hetero) is 1. The lowest BCUT2D eigenvalue weighted by molar-refractivity contribution is -0.130. The van der Waals surface area contributed by atoms with Crippen molar-refractivity contribution >= 4 is 11.9 Å². The average Bonchev–Trinajstić information content (AvgIpc) is 3.00. The Morgan fingerprint density at radius 2 is 1.77 bits per heavy atom. The number of ketones is 1. The van der Waals surface area contributed by atoms with E-state index in [-0.39, 0.29) is 16.9 Å². The predicted molar refractivity (Wildman–Crippen MR) is 119 cm³/mol. The van der Waals surface area contributed by atoms with E-state index >= 15 is 0 Å². The zero-order valence-corrected chi connectivity index (χ0v) is 18.5. The fraction of sp³-hybridized carbons (Fsp3) is 0.593. The lowest BCUT2D eigenvalue weighted by Gasteiger charge is -2.56. The van der Waals surface area contributed by atoms with E-state index in [1.54, 1.807) is 7.11 Å². The van der Waals surface area contributed by atoms with Crippen molar-refractivity contribution in [3.8, 4) is 5.75 Å². The molecule has 4 aliphatic carbocycles. The van der Waals surface area contributed by atoms with Gasteiger partial charge in [-0.1, -0.05) is 37.6 Å². The maximum atomic E-state index is 13.5. The molecule has 0 aliphatic heterocycles. The van der Waals surface area contributed by atoms with Crippen molar-refractivity contribution in [2.24, 2.45) is 28.6 Å². The Balaban J connectivity index is 1.45. The number of rotatable bonds is 2. The summed E-state index contributed by atoms with van der Waals surface area (Å²) < 4.78 is 5.26. The van der Waals surface area contributed by atoms with Crippen LogP contribution in [0.5, 0.6) is 5.75 Å². The molecular formula is C27H34O3. The summed E-state index contributed by atoms with van der Waals surface area (Å²) in [5.41, 5.74) is 3.58. The summed E-state index contributed by atoms with van der Waals surface area (Å²) >= 11 is 0. The first-order chi connectivity index (χ1) is 14.3. The molecule has 0 unspecified atom stereocenters. The minimum Gasteiger partial charge on any atom is -0.497 e. The van der Waals surface area contributed by atoms with E-state index in [1.165, 1.54) is 5.57 Å². The number of aliphatic hydroxyl groups excluding tert-OH is 1. The summed E-state index contributed by atoms with van der Waals surface area (Å²) in [6.07, 6.45) is 11.4. The molecule has 30 heavy (non-hydrogen) atoms. The van der Waals surface area contributed by atoms with Gasteiger partial charge in [0.2, 0.25) is 0 Å². The van der Waals surface area contributed by atoms with E-state index in [0.717, 1.165) is 61.8 Å². The molecule has 0 amide bonds. The van der Waals surface area contributed by atoms with Gasteiger partial charge in [-0.15, -0.1) is 0 Å². The number of methoxy groups -OCH3 is 1. The van der Waals surface area contributed by atoms with Gasteiger partial charge < -0.3 is 9.84 Å². The van der Waals surface area contributed by atoms with Gasteiger partial charge in [0.25, 0.3) is 0 Å². The largest absolute Gasteiger partial charge is 0.497 e. The number of ether oxygens (including phenoxy) is 1. The molecule has 3 heteroatoms. The molecule has 160 valence electrons. The quantitative estimate of drug-likeness (QED) is 0.515. The molecule has 0 radical (unpaired) electrons. The van der Waals surface area contributed by atoms with Crippen molar-refractivity contribution < 1.29 is 14.6 Å². The van der Waals surface area contributed by atoms with Crippen LogP contribution in [0, 0.1) is 28.6 Å². The molecule has 0 spiro atoms. The Hall–Kier alpha value is -1.87. The highest BCUT2D eigenvalue weighted by Gasteiger charge is 2.59. The number of allylic oxidation sites excluding steroid dienone is 2. The molecule has 6 atom stereocenters.